The average Bonchev–Trinajstić information content (AvgIpc) is 2.47. The Hall–Kier alpha value is -1.16. The lowest BCUT2D eigenvalue weighted by atomic mass is 10.1. The second-order valence-corrected chi connectivity index (χ2v) is 7.06. The molecule has 21 heavy (non-hydrogen) atoms. The van der Waals surface area contributed by atoms with Crippen LogP contribution in [-0.2, 0) is 18.4 Å². The molecule has 0 aliphatic carbocycles. The lowest BCUT2D eigenvalue weighted by Crippen LogP contribution is -2.35. The van der Waals surface area contributed by atoms with Gasteiger partial charge in [0.15, 0.2) is 0 Å². The van der Waals surface area contributed by atoms with Crippen molar-refractivity contribution in [2.75, 3.05) is 13.2 Å². The summed E-state index contributed by atoms with van der Waals surface area (Å²) < 4.78 is 23.0. The van der Waals surface area contributed by atoms with Gasteiger partial charge in [-0.3, -0.25) is 9.36 Å². The van der Waals surface area contributed by atoms with E-state index in [1.54, 1.807) is 20.8 Å². The summed E-state index contributed by atoms with van der Waals surface area (Å²) >= 11 is 0. The molecule has 0 heterocycles. The molecule has 0 saturated heterocycles. The first-order valence-corrected chi connectivity index (χ1v) is 8.79. The summed E-state index contributed by atoms with van der Waals surface area (Å²) in [5.41, 5.74) is 0.143. The number of carbonyl (C=O) groups is 1. The van der Waals surface area contributed by atoms with Crippen molar-refractivity contribution in [1.29, 1.82) is 0 Å². The molecule has 0 spiro atoms. The van der Waals surface area contributed by atoms with E-state index >= 15 is 0 Å². The van der Waals surface area contributed by atoms with E-state index < -0.39 is 13.3 Å². The standard InChI is InChI=1S/C15H24NO4P/c1-5-19-21(18,20-6-2)13(4)15(17)16-12(3)14-10-8-7-9-11-14/h7-13H,5-6H2,1-4H3,(H,16,17)/t12-,13?/m0/s1. The van der Waals surface area contributed by atoms with Gasteiger partial charge in [0, 0.05) is 0 Å². The molecule has 1 unspecified atom stereocenters. The van der Waals surface area contributed by atoms with Gasteiger partial charge in [0.05, 0.1) is 19.3 Å². The van der Waals surface area contributed by atoms with Crippen molar-refractivity contribution in [3.05, 3.63) is 35.9 Å². The highest BCUT2D eigenvalue weighted by Crippen LogP contribution is 2.52. The van der Waals surface area contributed by atoms with Crippen LogP contribution in [0.15, 0.2) is 30.3 Å². The quantitative estimate of drug-likeness (QED) is 0.746. The second-order valence-electron chi connectivity index (χ2n) is 4.69. The summed E-state index contributed by atoms with van der Waals surface area (Å²) in [6.45, 7) is 7.38. The van der Waals surface area contributed by atoms with E-state index in [1.165, 1.54) is 0 Å². The zero-order valence-corrected chi connectivity index (χ0v) is 13.9. The summed E-state index contributed by atoms with van der Waals surface area (Å²) in [5, 5.41) is 2.85. The van der Waals surface area contributed by atoms with Crippen molar-refractivity contribution < 1.29 is 18.4 Å². The Bertz CT molecular complexity index is 482. The Morgan fingerprint density at radius 2 is 1.67 bits per heavy atom. The molecule has 0 bridgehead atoms. The van der Waals surface area contributed by atoms with Crippen LogP contribution in [-0.4, -0.2) is 24.8 Å². The molecule has 6 heteroatoms. The Labute approximate surface area is 126 Å². The molecule has 0 aliphatic rings. The maximum atomic E-state index is 12.6. The first kappa shape index (κ1) is 17.9. The van der Waals surface area contributed by atoms with Crippen LogP contribution in [0.2, 0.25) is 0 Å². The SMILES string of the molecule is CCOP(=O)(OCC)C(C)C(=O)N[C@@H](C)c1ccccc1. The van der Waals surface area contributed by atoms with E-state index in [9.17, 15) is 9.36 Å². The smallest absolute Gasteiger partial charge is 0.342 e. The zero-order valence-electron chi connectivity index (χ0n) is 13.0. The highest BCUT2D eigenvalue weighted by atomic mass is 31.2. The van der Waals surface area contributed by atoms with Crippen LogP contribution >= 0.6 is 7.60 Å². The van der Waals surface area contributed by atoms with Gasteiger partial charge in [0.25, 0.3) is 0 Å². The third kappa shape index (κ3) is 4.95. The zero-order chi connectivity index (χ0) is 15.9. The first-order chi connectivity index (χ1) is 9.94. The van der Waals surface area contributed by atoms with Gasteiger partial charge in [0.1, 0.15) is 5.66 Å². The van der Waals surface area contributed by atoms with Crippen LogP contribution in [0.25, 0.3) is 0 Å². The Morgan fingerprint density at radius 3 is 2.14 bits per heavy atom. The molecule has 0 aromatic heterocycles. The van der Waals surface area contributed by atoms with Crippen molar-refractivity contribution in [1.82, 2.24) is 5.32 Å². The molecule has 118 valence electrons. The number of nitrogens with one attached hydrogen (secondary N) is 1. The lowest BCUT2D eigenvalue weighted by molar-refractivity contribution is -0.121. The van der Waals surface area contributed by atoms with Gasteiger partial charge < -0.3 is 14.4 Å². The van der Waals surface area contributed by atoms with E-state index in [-0.39, 0.29) is 25.2 Å². The highest BCUT2D eigenvalue weighted by Gasteiger charge is 2.37. The molecule has 1 amide bonds. The predicted molar refractivity (Wildman–Crippen MR) is 83.3 cm³/mol. The largest absolute Gasteiger partial charge is 0.349 e. The maximum Gasteiger partial charge on any atom is 0.342 e. The van der Waals surface area contributed by atoms with Crippen LogP contribution in [0.4, 0.5) is 0 Å². The number of benzene rings is 1. The van der Waals surface area contributed by atoms with Crippen LogP contribution in [0.5, 0.6) is 0 Å². The summed E-state index contributed by atoms with van der Waals surface area (Å²) in [7, 11) is -3.43. The van der Waals surface area contributed by atoms with E-state index in [0.29, 0.717) is 0 Å². The third-order valence-electron chi connectivity index (χ3n) is 3.13. The Kier molecular flexibility index (Phi) is 7.09. The lowest BCUT2D eigenvalue weighted by Gasteiger charge is -2.24. The second kappa shape index (κ2) is 8.32. The number of carbonyl (C=O) groups excluding carboxylic acids is 1. The van der Waals surface area contributed by atoms with Gasteiger partial charge in [0.2, 0.25) is 5.91 Å². The Morgan fingerprint density at radius 1 is 1.14 bits per heavy atom. The van der Waals surface area contributed by atoms with Crippen molar-refractivity contribution in [2.45, 2.75) is 39.4 Å². The van der Waals surface area contributed by atoms with Gasteiger partial charge in [-0.1, -0.05) is 30.3 Å². The van der Waals surface area contributed by atoms with Crippen LogP contribution in [0.1, 0.15) is 39.3 Å². The minimum atomic E-state index is -3.43. The molecule has 5 nitrogen and oxygen atoms in total. The molecule has 1 aromatic carbocycles. The molecule has 1 aromatic rings. The predicted octanol–water partition coefficient (Wildman–Crippen LogP) is 3.52. The number of hydrogen-bond donors (Lipinski definition) is 1. The summed E-state index contributed by atoms with van der Waals surface area (Å²) in [4.78, 5) is 12.3. The molecular weight excluding hydrogens is 289 g/mol. The fourth-order valence-electron chi connectivity index (χ4n) is 1.92. The number of amides is 1. The van der Waals surface area contributed by atoms with E-state index in [2.05, 4.69) is 5.32 Å². The monoisotopic (exact) mass is 313 g/mol. The van der Waals surface area contributed by atoms with Crippen LogP contribution in [0, 0.1) is 0 Å². The van der Waals surface area contributed by atoms with Crippen molar-refractivity contribution in [2.24, 2.45) is 0 Å². The summed E-state index contributed by atoms with van der Waals surface area (Å²) in [6.07, 6.45) is 0. The fourth-order valence-corrected chi connectivity index (χ4v) is 3.53. The summed E-state index contributed by atoms with van der Waals surface area (Å²) in [5.74, 6) is -0.336. The van der Waals surface area contributed by atoms with Gasteiger partial charge >= 0.3 is 7.60 Å². The average molecular weight is 313 g/mol. The number of hydrogen-bond acceptors (Lipinski definition) is 4. The fraction of sp³-hybridized carbons (Fsp3) is 0.533. The minimum absolute atomic E-state index is 0.169. The van der Waals surface area contributed by atoms with Crippen LogP contribution in [0.3, 0.4) is 0 Å². The number of rotatable bonds is 8. The molecule has 0 fully saturated rings. The van der Waals surface area contributed by atoms with Gasteiger partial charge in [-0.25, -0.2) is 0 Å². The van der Waals surface area contributed by atoms with Crippen molar-refractivity contribution in [3.8, 4) is 0 Å². The molecule has 1 N–H and O–H groups in total. The Balaban J connectivity index is 2.75. The molecule has 0 saturated carbocycles. The molecule has 0 aliphatic heterocycles. The molecular formula is C15H24NO4P. The van der Waals surface area contributed by atoms with Crippen molar-refractivity contribution in [3.63, 3.8) is 0 Å². The van der Waals surface area contributed by atoms with E-state index in [4.69, 9.17) is 9.05 Å². The van der Waals surface area contributed by atoms with Gasteiger partial charge in [-0.2, -0.15) is 0 Å². The van der Waals surface area contributed by atoms with Crippen LogP contribution < -0.4 is 5.32 Å². The molecule has 2 atom stereocenters. The topological polar surface area (TPSA) is 64.6 Å². The minimum Gasteiger partial charge on any atom is -0.349 e. The highest BCUT2D eigenvalue weighted by molar-refractivity contribution is 7.55. The molecule has 1 rings (SSSR count). The maximum absolute atomic E-state index is 12.6. The van der Waals surface area contributed by atoms with Crippen molar-refractivity contribution >= 4 is 13.5 Å². The normalized spacial score (nSPS) is 14.5. The molecule has 0 radical (unpaired) electrons. The van der Waals surface area contributed by atoms with Gasteiger partial charge in [-0.15, -0.1) is 0 Å². The van der Waals surface area contributed by atoms with Gasteiger partial charge in [-0.05, 0) is 33.3 Å². The third-order valence-corrected chi connectivity index (χ3v) is 5.55. The summed E-state index contributed by atoms with van der Waals surface area (Å²) in [6, 6.07) is 9.43. The van der Waals surface area contributed by atoms with E-state index in [0.717, 1.165) is 5.56 Å². The first-order valence-electron chi connectivity index (χ1n) is 7.18. The van der Waals surface area contributed by atoms with E-state index in [1.807, 2.05) is 37.3 Å².